The van der Waals surface area contributed by atoms with Crippen molar-refractivity contribution in [1.82, 2.24) is 5.32 Å². The van der Waals surface area contributed by atoms with E-state index in [-0.39, 0.29) is 18.3 Å². The van der Waals surface area contributed by atoms with Crippen LogP contribution in [0.25, 0.3) is 0 Å². The van der Waals surface area contributed by atoms with Crippen LogP contribution in [-0.4, -0.2) is 48.1 Å². The maximum absolute atomic E-state index is 9.60. The van der Waals surface area contributed by atoms with Crippen molar-refractivity contribution in [3.63, 3.8) is 0 Å². The fraction of sp³-hybridized carbons (Fsp3) is 0.900. The van der Waals surface area contributed by atoms with Crippen molar-refractivity contribution in [1.29, 1.82) is 0 Å². The summed E-state index contributed by atoms with van der Waals surface area (Å²) in [5, 5.41) is 19.7. The molecule has 0 aromatic carbocycles. The summed E-state index contributed by atoms with van der Waals surface area (Å²) in [6.07, 6.45) is -0.318. The number of carbonyl (C=O) groups excluding carboxylic acids is 1. The highest BCUT2D eigenvalue weighted by molar-refractivity contribution is 5.37. The first-order valence-electron chi connectivity index (χ1n) is 4.94. The third-order valence-corrected chi connectivity index (χ3v) is 1.13. The minimum atomic E-state index is -0.318. The average molecular weight is 221 g/mol. The summed E-state index contributed by atoms with van der Waals surface area (Å²) < 4.78 is 4.55. The number of aliphatic hydroxyl groups is 2. The normalized spacial score (nSPS) is 12.4. The van der Waals surface area contributed by atoms with Gasteiger partial charge in [-0.05, 0) is 27.7 Å². The molecule has 0 saturated heterocycles. The lowest BCUT2D eigenvalue weighted by Crippen LogP contribution is -2.26. The number of ether oxygens (including phenoxy) is 1. The number of nitrogens with one attached hydrogen (secondary N) is 1. The van der Waals surface area contributed by atoms with Gasteiger partial charge in [0.05, 0.1) is 12.7 Å². The van der Waals surface area contributed by atoms with Gasteiger partial charge in [-0.1, -0.05) is 0 Å². The summed E-state index contributed by atoms with van der Waals surface area (Å²) >= 11 is 0. The standard InChI is InChI=1S/C5H13NO2.C5H10O2/c1-5(8)4-6-2-3-7;1-5(2,3)7-4-6/h5-8H,2-4H2,1H3;4H,1-3H3/t5-;/m1./s1. The molecule has 92 valence electrons. The van der Waals surface area contributed by atoms with Crippen molar-refractivity contribution in [2.45, 2.75) is 39.4 Å². The molecular weight excluding hydrogens is 198 g/mol. The molecule has 5 heteroatoms. The first-order valence-corrected chi connectivity index (χ1v) is 4.94. The summed E-state index contributed by atoms with van der Waals surface area (Å²) in [5.41, 5.74) is -0.318. The van der Waals surface area contributed by atoms with E-state index in [0.717, 1.165) is 0 Å². The van der Waals surface area contributed by atoms with Crippen molar-refractivity contribution in [3.05, 3.63) is 0 Å². The van der Waals surface area contributed by atoms with E-state index >= 15 is 0 Å². The van der Waals surface area contributed by atoms with Crippen LogP contribution in [0, 0.1) is 0 Å². The summed E-state index contributed by atoms with van der Waals surface area (Å²) in [6.45, 7) is 8.87. The van der Waals surface area contributed by atoms with Crippen LogP contribution < -0.4 is 5.32 Å². The molecule has 0 rings (SSSR count). The van der Waals surface area contributed by atoms with Crippen LogP contribution in [-0.2, 0) is 9.53 Å². The molecule has 0 aliphatic heterocycles. The number of hydrogen-bond acceptors (Lipinski definition) is 5. The van der Waals surface area contributed by atoms with Crippen LogP contribution >= 0.6 is 0 Å². The molecular formula is C10H23NO4. The molecule has 3 N–H and O–H groups in total. The number of rotatable bonds is 5. The van der Waals surface area contributed by atoms with Gasteiger partial charge in [-0.25, -0.2) is 0 Å². The van der Waals surface area contributed by atoms with Gasteiger partial charge in [-0.2, -0.15) is 0 Å². The van der Waals surface area contributed by atoms with Crippen molar-refractivity contribution in [2.75, 3.05) is 19.7 Å². The van der Waals surface area contributed by atoms with Gasteiger partial charge in [-0.15, -0.1) is 0 Å². The van der Waals surface area contributed by atoms with Crippen molar-refractivity contribution in [3.8, 4) is 0 Å². The lowest BCUT2D eigenvalue weighted by molar-refractivity contribution is -0.138. The molecule has 0 fully saturated rings. The Hall–Kier alpha value is -0.650. The molecule has 0 heterocycles. The number of hydrogen-bond donors (Lipinski definition) is 3. The summed E-state index contributed by atoms with van der Waals surface area (Å²) in [5.74, 6) is 0. The van der Waals surface area contributed by atoms with Crippen LogP contribution in [0.15, 0.2) is 0 Å². The second-order valence-electron chi connectivity index (χ2n) is 4.10. The van der Waals surface area contributed by atoms with Crippen molar-refractivity contribution in [2.24, 2.45) is 0 Å². The first-order chi connectivity index (χ1) is 6.83. The maximum Gasteiger partial charge on any atom is 0.293 e. The molecule has 0 bridgehead atoms. The van der Waals surface area contributed by atoms with E-state index in [1.165, 1.54) is 0 Å². The monoisotopic (exact) mass is 221 g/mol. The molecule has 15 heavy (non-hydrogen) atoms. The summed E-state index contributed by atoms with van der Waals surface area (Å²) in [7, 11) is 0. The Balaban J connectivity index is 0. The van der Waals surface area contributed by atoms with E-state index < -0.39 is 0 Å². The Morgan fingerprint density at radius 2 is 2.00 bits per heavy atom. The zero-order chi connectivity index (χ0) is 12.3. The summed E-state index contributed by atoms with van der Waals surface area (Å²) in [6, 6.07) is 0. The van der Waals surface area contributed by atoms with E-state index in [9.17, 15) is 4.79 Å². The zero-order valence-electron chi connectivity index (χ0n) is 9.99. The Bertz CT molecular complexity index is 143. The highest BCUT2D eigenvalue weighted by Crippen LogP contribution is 2.02. The fourth-order valence-corrected chi connectivity index (χ4v) is 0.534. The predicted molar refractivity (Wildman–Crippen MR) is 58.5 cm³/mol. The summed E-state index contributed by atoms with van der Waals surface area (Å²) in [4.78, 5) is 9.60. The molecule has 0 aromatic rings. The number of carbonyl (C=O) groups is 1. The van der Waals surface area contributed by atoms with E-state index in [4.69, 9.17) is 10.2 Å². The topological polar surface area (TPSA) is 78.8 Å². The largest absolute Gasteiger partial charge is 0.462 e. The van der Waals surface area contributed by atoms with Gasteiger partial charge >= 0.3 is 0 Å². The van der Waals surface area contributed by atoms with Gasteiger partial charge in [0.2, 0.25) is 0 Å². The highest BCUT2D eigenvalue weighted by atomic mass is 16.5. The van der Waals surface area contributed by atoms with Gasteiger partial charge in [-0.3, -0.25) is 4.79 Å². The molecule has 0 aliphatic carbocycles. The first kappa shape index (κ1) is 16.8. The van der Waals surface area contributed by atoms with Crippen LogP contribution in [0.4, 0.5) is 0 Å². The Morgan fingerprint density at radius 3 is 2.20 bits per heavy atom. The Labute approximate surface area is 91.4 Å². The molecule has 1 atom stereocenters. The Morgan fingerprint density at radius 1 is 1.47 bits per heavy atom. The second-order valence-corrected chi connectivity index (χ2v) is 4.10. The van der Waals surface area contributed by atoms with Gasteiger partial charge in [0.25, 0.3) is 6.47 Å². The Kier molecular flexibility index (Phi) is 11.1. The van der Waals surface area contributed by atoms with Crippen LogP contribution in [0.2, 0.25) is 0 Å². The van der Waals surface area contributed by atoms with Crippen molar-refractivity contribution >= 4 is 6.47 Å². The lowest BCUT2D eigenvalue weighted by Gasteiger charge is -2.14. The fourth-order valence-electron chi connectivity index (χ4n) is 0.534. The van der Waals surface area contributed by atoms with Gasteiger partial charge < -0.3 is 20.3 Å². The maximum atomic E-state index is 9.60. The minimum Gasteiger partial charge on any atom is -0.462 e. The average Bonchev–Trinajstić information content (AvgIpc) is 2.02. The van der Waals surface area contributed by atoms with Crippen LogP contribution in [0.5, 0.6) is 0 Å². The van der Waals surface area contributed by atoms with Crippen LogP contribution in [0.1, 0.15) is 27.7 Å². The second kappa shape index (κ2) is 9.89. The SMILES string of the molecule is CC(C)(C)OC=O.C[C@@H](O)CNCCO. The smallest absolute Gasteiger partial charge is 0.293 e. The highest BCUT2D eigenvalue weighted by Gasteiger charge is 2.07. The predicted octanol–water partition coefficient (Wildman–Crippen LogP) is -0.0930. The van der Waals surface area contributed by atoms with Crippen molar-refractivity contribution < 1.29 is 19.7 Å². The molecule has 0 radical (unpaired) electrons. The minimum absolute atomic E-state index is 0.132. The van der Waals surface area contributed by atoms with Gasteiger partial charge in [0.1, 0.15) is 5.60 Å². The molecule has 5 nitrogen and oxygen atoms in total. The van der Waals surface area contributed by atoms with E-state index in [1.807, 2.05) is 20.8 Å². The molecule has 0 aromatic heterocycles. The van der Waals surface area contributed by atoms with Crippen LogP contribution in [0.3, 0.4) is 0 Å². The molecule has 0 aliphatic rings. The lowest BCUT2D eigenvalue weighted by atomic mass is 10.2. The third kappa shape index (κ3) is 24.7. The van der Waals surface area contributed by atoms with E-state index in [1.54, 1.807) is 6.92 Å². The molecule has 0 unspecified atom stereocenters. The number of aliphatic hydroxyl groups excluding tert-OH is 2. The molecule has 0 saturated carbocycles. The van der Waals surface area contributed by atoms with E-state index in [0.29, 0.717) is 19.6 Å². The zero-order valence-corrected chi connectivity index (χ0v) is 9.99. The van der Waals surface area contributed by atoms with Gasteiger partial charge in [0, 0.05) is 13.1 Å². The molecule has 0 spiro atoms. The molecule has 0 amide bonds. The van der Waals surface area contributed by atoms with Gasteiger partial charge in [0.15, 0.2) is 0 Å². The quantitative estimate of drug-likeness (QED) is 0.446. The third-order valence-electron chi connectivity index (χ3n) is 1.13. The van der Waals surface area contributed by atoms with E-state index in [2.05, 4.69) is 10.1 Å².